The topological polar surface area (TPSA) is 50.4 Å². The van der Waals surface area contributed by atoms with E-state index in [9.17, 15) is 4.79 Å². The van der Waals surface area contributed by atoms with Crippen LogP contribution in [-0.2, 0) is 11.3 Å². The molecular formula is C24H23Br2ClN2O2. The molecule has 3 aromatic rings. The molecule has 0 fully saturated rings. The molecule has 7 heteroatoms. The number of benzene rings is 3. The van der Waals surface area contributed by atoms with Crippen LogP contribution in [-0.4, -0.2) is 12.5 Å². The number of aryl methyl sites for hydroxylation is 3. The lowest BCUT2D eigenvalue weighted by Crippen LogP contribution is -2.20. The summed E-state index contributed by atoms with van der Waals surface area (Å²) in [6, 6.07) is 15.7. The third kappa shape index (κ3) is 6.48. The van der Waals surface area contributed by atoms with Gasteiger partial charge in [0.1, 0.15) is 5.75 Å². The van der Waals surface area contributed by atoms with E-state index < -0.39 is 0 Å². The van der Waals surface area contributed by atoms with Gasteiger partial charge in [-0.15, -0.1) is 0 Å². The van der Waals surface area contributed by atoms with Crippen molar-refractivity contribution in [2.75, 3.05) is 17.2 Å². The molecule has 3 aromatic carbocycles. The van der Waals surface area contributed by atoms with Crippen molar-refractivity contribution in [2.24, 2.45) is 0 Å². The first kappa shape index (κ1) is 23.6. The lowest BCUT2D eigenvalue weighted by atomic mass is 10.1. The molecule has 1 amide bonds. The van der Waals surface area contributed by atoms with E-state index >= 15 is 0 Å². The molecule has 0 bridgehead atoms. The third-order valence-corrected chi connectivity index (χ3v) is 6.32. The third-order valence-electron chi connectivity index (χ3n) is 4.74. The molecule has 0 heterocycles. The summed E-state index contributed by atoms with van der Waals surface area (Å²) in [5.41, 5.74) is 6.19. The van der Waals surface area contributed by atoms with Crippen molar-refractivity contribution in [3.63, 3.8) is 0 Å². The van der Waals surface area contributed by atoms with Crippen molar-refractivity contribution in [1.29, 1.82) is 0 Å². The molecule has 2 N–H and O–H groups in total. The Balaban J connectivity index is 1.61. The van der Waals surface area contributed by atoms with Crippen molar-refractivity contribution in [2.45, 2.75) is 27.3 Å². The van der Waals surface area contributed by atoms with Crippen LogP contribution in [0.1, 0.15) is 22.3 Å². The molecule has 0 aromatic heterocycles. The number of nitrogens with one attached hydrogen (secondary N) is 2. The number of amides is 1. The van der Waals surface area contributed by atoms with Crippen LogP contribution < -0.4 is 15.4 Å². The summed E-state index contributed by atoms with van der Waals surface area (Å²) < 4.78 is 7.29. The fraction of sp³-hybridized carbons (Fsp3) is 0.208. The van der Waals surface area contributed by atoms with Gasteiger partial charge in [-0.25, -0.2) is 0 Å². The Bertz CT molecular complexity index is 1100. The minimum atomic E-state index is -0.264. The zero-order valence-electron chi connectivity index (χ0n) is 17.5. The second-order valence-corrected chi connectivity index (χ2v) is 9.48. The molecule has 0 aliphatic carbocycles. The van der Waals surface area contributed by atoms with Gasteiger partial charge in [0.05, 0.1) is 8.95 Å². The predicted octanol–water partition coefficient (Wildman–Crippen LogP) is 7.42. The number of carbonyl (C=O) groups excluding carboxylic acids is 1. The Morgan fingerprint density at radius 3 is 2.32 bits per heavy atom. The minimum absolute atomic E-state index is 0.122. The Morgan fingerprint density at radius 2 is 1.65 bits per heavy atom. The maximum Gasteiger partial charge on any atom is 0.262 e. The highest BCUT2D eigenvalue weighted by Crippen LogP contribution is 2.35. The highest BCUT2D eigenvalue weighted by atomic mass is 79.9. The first-order valence-electron chi connectivity index (χ1n) is 9.71. The maximum absolute atomic E-state index is 12.3. The van der Waals surface area contributed by atoms with E-state index in [2.05, 4.69) is 74.5 Å². The van der Waals surface area contributed by atoms with E-state index in [1.807, 2.05) is 31.2 Å². The number of carbonyl (C=O) groups is 1. The molecule has 162 valence electrons. The van der Waals surface area contributed by atoms with Gasteiger partial charge in [-0.2, -0.15) is 0 Å². The van der Waals surface area contributed by atoms with Gasteiger partial charge in [-0.05, 0) is 105 Å². The van der Waals surface area contributed by atoms with Crippen LogP contribution >= 0.6 is 43.5 Å². The molecule has 0 aliphatic heterocycles. The second-order valence-electron chi connectivity index (χ2n) is 7.36. The molecule has 0 radical (unpaired) electrons. The summed E-state index contributed by atoms with van der Waals surface area (Å²) in [5, 5.41) is 6.87. The fourth-order valence-electron chi connectivity index (χ4n) is 2.98. The van der Waals surface area contributed by atoms with Crippen LogP contribution in [0.25, 0.3) is 0 Å². The number of halogens is 3. The molecular weight excluding hydrogens is 544 g/mol. The van der Waals surface area contributed by atoms with Crippen molar-refractivity contribution >= 4 is 60.7 Å². The van der Waals surface area contributed by atoms with Crippen molar-refractivity contribution in [3.05, 3.63) is 84.8 Å². The molecule has 31 heavy (non-hydrogen) atoms. The largest absolute Gasteiger partial charge is 0.481 e. The summed E-state index contributed by atoms with van der Waals surface area (Å²) in [6.45, 7) is 6.61. The van der Waals surface area contributed by atoms with Gasteiger partial charge >= 0.3 is 0 Å². The summed E-state index contributed by atoms with van der Waals surface area (Å²) in [4.78, 5) is 12.3. The Hall–Kier alpha value is -2.02. The van der Waals surface area contributed by atoms with Crippen LogP contribution in [0, 0.1) is 20.8 Å². The number of hydrogen-bond donors (Lipinski definition) is 2. The number of rotatable bonds is 7. The van der Waals surface area contributed by atoms with Crippen LogP contribution in [0.15, 0.2) is 57.5 Å². The van der Waals surface area contributed by atoms with Crippen molar-refractivity contribution in [3.8, 4) is 5.75 Å². The van der Waals surface area contributed by atoms with Gasteiger partial charge in [0.25, 0.3) is 5.91 Å². The zero-order valence-corrected chi connectivity index (χ0v) is 21.4. The molecule has 0 saturated heterocycles. The van der Waals surface area contributed by atoms with Gasteiger partial charge in [0.15, 0.2) is 6.61 Å². The molecule has 4 nitrogen and oxygen atoms in total. The van der Waals surface area contributed by atoms with E-state index in [0.29, 0.717) is 23.0 Å². The van der Waals surface area contributed by atoms with Crippen LogP contribution in [0.3, 0.4) is 0 Å². The lowest BCUT2D eigenvalue weighted by Gasteiger charge is -2.14. The summed E-state index contributed by atoms with van der Waals surface area (Å²) in [5.74, 6) is 0.312. The first-order chi connectivity index (χ1) is 14.7. The molecule has 0 atom stereocenters. The molecule has 0 saturated carbocycles. The standard InChI is InChI=1S/C24H23Br2ClN2O2/c1-14-4-5-16(3)22(8-14)28-12-17-9-19(25)24(20(26)10-17)31-13-23(30)29-18-7-6-15(2)21(27)11-18/h4-11,28H,12-13H2,1-3H3,(H,29,30). The quantitative estimate of drug-likeness (QED) is 0.313. The van der Waals surface area contributed by atoms with E-state index in [1.165, 1.54) is 11.1 Å². The van der Waals surface area contributed by atoms with Crippen LogP contribution in [0.4, 0.5) is 11.4 Å². The van der Waals surface area contributed by atoms with E-state index in [0.717, 1.165) is 25.8 Å². The van der Waals surface area contributed by atoms with Crippen LogP contribution in [0.5, 0.6) is 5.75 Å². The zero-order chi connectivity index (χ0) is 22.5. The Labute approximate surface area is 204 Å². The second kappa shape index (κ2) is 10.5. The summed E-state index contributed by atoms with van der Waals surface area (Å²) in [6.07, 6.45) is 0. The predicted molar refractivity (Wildman–Crippen MR) is 135 cm³/mol. The highest BCUT2D eigenvalue weighted by molar-refractivity contribution is 9.11. The maximum atomic E-state index is 12.3. The van der Waals surface area contributed by atoms with Crippen molar-refractivity contribution in [1.82, 2.24) is 0 Å². The monoisotopic (exact) mass is 564 g/mol. The smallest absolute Gasteiger partial charge is 0.262 e. The average molecular weight is 567 g/mol. The highest BCUT2D eigenvalue weighted by Gasteiger charge is 2.12. The molecule has 0 aliphatic rings. The normalized spacial score (nSPS) is 10.6. The molecule has 3 rings (SSSR count). The number of ether oxygens (including phenoxy) is 1. The summed E-state index contributed by atoms with van der Waals surface area (Å²) >= 11 is 13.2. The average Bonchev–Trinajstić information content (AvgIpc) is 2.71. The van der Waals surface area contributed by atoms with E-state index in [1.54, 1.807) is 6.07 Å². The Morgan fingerprint density at radius 1 is 0.968 bits per heavy atom. The number of hydrogen-bond acceptors (Lipinski definition) is 3. The van der Waals surface area contributed by atoms with Gasteiger partial charge in [-0.1, -0.05) is 29.8 Å². The minimum Gasteiger partial charge on any atom is -0.481 e. The van der Waals surface area contributed by atoms with Crippen LogP contribution in [0.2, 0.25) is 5.02 Å². The molecule has 0 spiro atoms. The van der Waals surface area contributed by atoms with Crippen molar-refractivity contribution < 1.29 is 9.53 Å². The van der Waals surface area contributed by atoms with E-state index in [4.69, 9.17) is 16.3 Å². The van der Waals surface area contributed by atoms with Gasteiger partial charge in [-0.3, -0.25) is 4.79 Å². The van der Waals surface area contributed by atoms with Gasteiger partial charge in [0, 0.05) is 22.9 Å². The van der Waals surface area contributed by atoms with Gasteiger partial charge < -0.3 is 15.4 Å². The lowest BCUT2D eigenvalue weighted by molar-refractivity contribution is -0.118. The molecule has 0 unspecified atom stereocenters. The Kier molecular flexibility index (Phi) is 8.03. The summed E-state index contributed by atoms with van der Waals surface area (Å²) in [7, 11) is 0. The first-order valence-corrected chi connectivity index (χ1v) is 11.7. The van der Waals surface area contributed by atoms with Gasteiger partial charge in [0.2, 0.25) is 0 Å². The SMILES string of the molecule is Cc1ccc(C)c(NCc2cc(Br)c(OCC(=O)Nc3ccc(C)c(Cl)c3)c(Br)c2)c1. The number of anilines is 2. The fourth-order valence-corrected chi connectivity index (χ4v) is 4.67. The van der Waals surface area contributed by atoms with E-state index in [-0.39, 0.29) is 12.5 Å².